The molecule has 2 atom stereocenters. The molecule has 4 rings (SSSR count). The number of alkyl halides is 3. The molecule has 0 aromatic heterocycles. The van der Waals surface area contributed by atoms with Crippen molar-refractivity contribution < 1.29 is 36.2 Å². The summed E-state index contributed by atoms with van der Waals surface area (Å²) in [5.74, 6) is -0.421. The van der Waals surface area contributed by atoms with E-state index in [1.165, 1.54) is 6.07 Å². The molecule has 214 valence electrons. The first-order chi connectivity index (χ1) is 18.3. The van der Waals surface area contributed by atoms with Crippen molar-refractivity contribution in [3.8, 4) is 5.75 Å². The Balaban J connectivity index is 1.50. The zero-order chi connectivity index (χ0) is 28.4. The number of carbonyl (C=O) groups is 1. The minimum atomic E-state index is -4.27. The third kappa shape index (κ3) is 7.58. The van der Waals surface area contributed by atoms with Crippen molar-refractivity contribution in [2.75, 3.05) is 6.61 Å². The molecule has 2 aromatic carbocycles. The summed E-state index contributed by atoms with van der Waals surface area (Å²) in [4.78, 5) is 13.0. The van der Waals surface area contributed by atoms with E-state index < -0.39 is 40.7 Å². The Morgan fingerprint density at radius 2 is 1.79 bits per heavy atom. The number of amides is 1. The van der Waals surface area contributed by atoms with Crippen LogP contribution in [0.5, 0.6) is 5.75 Å². The van der Waals surface area contributed by atoms with E-state index in [0.717, 1.165) is 30.9 Å². The SMILES string of the molecule is O=C(NC1c2cc(OCCCC(F)(F)F)ccc2C[C@H]1O)c1cc(S(=O)(=O)NC2CCCCC2)c(Cl)cc1Cl. The zero-order valence-corrected chi connectivity index (χ0v) is 23.2. The van der Waals surface area contributed by atoms with Gasteiger partial charge in [-0.3, -0.25) is 4.79 Å². The van der Waals surface area contributed by atoms with E-state index in [1.807, 2.05) is 0 Å². The van der Waals surface area contributed by atoms with Crippen molar-refractivity contribution in [1.82, 2.24) is 10.0 Å². The summed E-state index contributed by atoms with van der Waals surface area (Å²) in [6.45, 7) is -0.148. The van der Waals surface area contributed by atoms with E-state index in [9.17, 15) is 31.5 Å². The van der Waals surface area contributed by atoms with Crippen LogP contribution in [0.25, 0.3) is 0 Å². The van der Waals surface area contributed by atoms with Gasteiger partial charge in [-0.1, -0.05) is 48.5 Å². The van der Waals surface area contributed by atoms with Gasteiger partial charge < -0.3 is 15.2 Å². The minimum Gasteiger partial charge on any atom is -0.494 e. The maximum Gasteiger partial charge on any atom is 0.389 e. The van der Waals surface area contributed by atoms with Crippen LogP contribution in [0.2, 0.25) is 10.0 Å². The van der Waals surface area contributed by atoms with E-state index in [1.54, 1.807) is 18.2 Å². The van der Waals surface area contributed by atoms with Crippen LogP contribution in [0, 0.1) is 0 Å². The molecule has 0 aliphatic heterocycles. The second-order valence-corrected chi connectivity index (χ2v) is 12.4. The fraction of sp³-hybridized carbons (Fsp3) is 0.500. The molecule has 0 spiro atoms. The number of aliphatic hydroxyl groups is 1. The lowest BCUT2D eigenvalue weighted by atomic mass is 9.96. The number of halogens is 5. The van der Waals surface area contributed by atoms with Crippen LogP contribution in [0.3, 0.4) is 0 Å². The van der Waals surface area contributed by atoms with Gasteiger partial charge in [0.2, 0.25) is 10.0 Å². The van der Waals surface area contributed by atoms with Gasteiger partial charge in [0.15, 0.2) is 0 Å². The predicted octanol–water partition coefficient (Wildman–Crippen LogP) is 5.71. The van der Waals surface area contributed by atoms with Crippen molar-refractivity contribution in [3.63, 3.8) is 0 Å². The van der Waals surface area contributed by atoms with Gasteiger partial charge >= 0.3 is 6.18 Å². The van der Waals surface area contributed by atoms with Gasteiger partial charge in [-0.2, -0.15) is 13.2 Å². The first-order valence-electron chi connectivity index (χ1n) is 12.7. The van der Waals surface area contributed by atoms with Crippen molar-refractivity contribution >= 4 is 39.1 Å². The van der Waals surface area contributed by atoms with Crippen LogP contribution < -0.4 is 14.8 Å². The zero-order valence-electron chi connectivity index (χ0n) is 20.9. The van der Waals surface area contributed by atoms with Gasteiger partial charge in [-0.25, -0.2) is 13.1 Å². The Kier molecular flexibility index (Phi) is 9.37. The Labute approximate surface area is 235 Å². The number of rotatable bonds is 9. The second kappa shape index (κ2) is 12.2. The summed E-state index contributed by atoms with van der Waals surface area (Å²) < 4.78 is 71.4. The fourth-order valence-electron chi connectivity index (χ4n) is 4.96. The van der Waals surface area contributed by atoms with Crippen LogP contribution in [-0.4, -0.2) is 44.4 Å². The molecule has 7 nitrogen and oxygen atoms in total. The van der Waals surface area contributed by atoms with Crippen molar-refractivity contribution in [1.29, 1.82) is 0 Å². The summed E-state index contributed by atoms with van der Waals surface area (Å²) in [5, 5.41) is 13.1. The van der Waals surface area contributed by atoms with Gasteiger partial charge in [0.1, 0.15) is 10.6 Å². The highest BCUT2D eigenvalue weighted by Gasteiger charge is 2.34. The largest absolute Gasteiger partial charge is 0.494 e. The van der Waals surface area contributed by atoms with E-state index >= 15 is 0 Å². The highest BCUT2D eigenvalue weighted by atomic mass is 35.5. The molecule has 0 saturated heterocycles. The fourth-order valence-corrected chi connectivity index (χ4v) is 7.12. The van der Waals surface area contributed by atoms with Gasteiger partial charge in [-0.15, -0.1) is 0 Å². The Bertz CT molecular complexity index is 1320. The lowest BCUT2D eigenvalue weighted by Crippen LogP contribution is -2.37. The second-order valence-electron chi connectivity index (χ2n) is 9.87. The van der Waals surface area contributed by atoms with Crippen LogP contribution in [0.4, 0.5) is 13.2 Å². The number of fused-ring (bicyclic) bond motifs is 1. The Morgan fingerprint density at radius 3 is 2.49 bits per heavy atom. The van der Waals surface area contributed by atoms with Crippen molar-refractivity contribution in [3.05, 3.63) is 57.1 Å². The number of hydrogen-bond acceptors (Lipinski definition) is 5. The van der Waals surface area contributed by atoms with Crippen molar-refractivity contribution in [2.45, 2.75) is 80.6 Å². The minimum absolute atomic E-state index is 0.0661. The van der Waals surface area contributed by atoms with Gasteiger partial charge in [0.25, 0.3) is 5.91 Å². The quantitative estimate of drug-likeness (QED) is 0.316. The Morgan fingerprint density at radius 1 is 1.08 bits per heavy atom. The molecule has 1 fully saturated rings. The molecular weight excluding hydrogens is 580 g/mol. The maximum absolute atomic E-state index is 13.2. The lowest BCUT2D eigenvalue weighted by Gasteiger charge is -2.23. The van der Waals surface area contributed by atoms with Gasteiger partial charge in [-0.05, 0) is 54.7 Å². The van der Waals surface area contributed by atoms with E-state index in [4.69, 9.17) is 27.9 Å². The number of benzene rings is 2. The van der Waals surface area contributed by atoms with Crippen LogP contribution in [-0.2, 0) is 16.4 Å². The number of aliphatic hydroxyl groups excluding tert-OH is 1. The number of hydrogen-bond donors (Lipinski definition) is 3. The molecule has 3 N–H and O–H groups in total. The molecule has 2 aliphatic rings. The summed E-state index contributed by atoms with van der Waals surface area (Å²) >= 11 is 12.5. The predicted molar refractivity (Wildman–Crippen MR) is 141 cm³/mol. The van der Waals surface area contributed by atoms with Gasteiger partial charge in [0.05, 0.1) is 34.4 Å². The molecule has 0 bridgehead atoms. The summed E-state index contributed by atoms with van der Waals surface area (Å²) in [6.07, 6.45) is -1.90. The number of carbonyl (C=O) groups excluding carboxylic acids is 1. The molecule has 0 radical (unpaired) electrons. The first-order valence-corrected chi connectivity index (χ1v) is 14.9. The number of sulfonamides is 1. The molecule has 39 heavy (non-hydrogen) atoms. The molecule has 1 saturated carbocycles. The van der Waals surface area contributed by atoms with Crippen LogP contribution in [0.1, 0.15) is 72.5 Å². The molecule has 1 amide bonds. The molecule has 2 aliphatic carbocycles. The maximum atomic E-state index is 13.2. The summed E-state index contributed by atoms with van der Waals surface area (Å²) in [7, 11) is -4.03. The average Bonchev–Trinajstić information content (AvgIpc) is 3.15. The molecular formula is C26H29Cl2F3N2O5S. The van der Waals surface area contributed by atoms with E-state index in [-0.39, 0.29) is 46.0 Å². The third-order valence-corrected chi connectivity index (χ3v) is 9.21. The molecule has 13 heteroatoms. The monoisotopic (exact) mass is 608 g/mol. The summed E-state index contributed by atoms with van der Waals surface area (Å²) in [5.41, 5.74) is 1.14. The molecule has 1 unspecified atom stereocenters. The average molecular weight is 609 g/mol. The smallest absolute Gasteiger partial charge is 0.389 e. The highest BCUT2D eigenvalue weighted by Crippen LogP contribution is 2.36. The first kappa shape index (κ1) is 29.9. The third-order valence-electron chi connectivity index (χ3n) is 6.91. The van der Waals surface area contributed by atoms with Crippen LogP contribution in [0.15, 0.2) is 35.2 Å². The van der Waals surface area contributed by atoms with Crippen LogP contribution >= 0.6 is 23.2 Å². The molecule has 2 aromatic rings. The standard InChI is InChI=1S/C26H29Cl2F3N2O5S/c27-20-14-21(28)23(39(36,37)33-16-5-2-1-3-6-16)13-19(20)25(35)32-24-18-12-17(8-7-15(18)11-22(24)34)38-10-4-9-26(29,30)31/h7-8,12-14,16,22,24,33-34H,1-6,9-11H2,(H,32,35)/t22-,24?/m1/s1. The van der Waals surface area contributed by atoms with E-state index in [2.05, 4.69) is 10.0 Å². The Hall–Kier alpha value is -2.05. The lowest BCUT2D eigenvalue weighted by molar-refractivity contribution is -0.136. The van der Waals surface area contributed by atoms with Crippen molar-refractivity contribution in [2.24, 2.45) is 0 Å². The number of ether oxygens (including phenoxy) is 1. The van der Waals surface area contributed by atoms with E-state index in [0.29, 0.717) is 24.2 Å². The highest BCUT2D eigenvalue weighted by molar-refractivity contribution is 7.89. The number of nitrogens with one attached hydrogen (secondary N) is 2. The topological polar surface area (TPSA) is 105 Å². The summed E-state index contributed by atoms with van der Waals surface area (Å²) in [6, 6.07) is 6.06. The molecule has 0 heterocycles. The van der Waals surface area contributed by atoms with Gasteiger partial charge in [0, 0.05) is 18.9 Å². The normalized spacial score (nSPS) is 20.1.